The summed E-state index contributed by atoms with van der Waals surface area (Å²) in [5.74, 6) is -1.47. The van der Waals surface area contributed by atoms with Crippen LogP contribution >= 0.6 is 0 Å². The fourth-order valence-electron chi connectivity index (χ4n) is 4.99. The molecule has 2 aromatic carbocycles. The molecule has 0 bridgehead atoms. The molecule has 2 heterocycles. The average Bonchev–Trinajstić information content (AvgIpc) is 3.37. The van der Waals surface area contributed by atoms with Crippen molar-refractivity contribution in [2.45, 2.75) is 38.9 Å². The first-order chi connectivity index (χ1) is 22.3. The van der Waals surface area contributed by atoms with Gasteiger partial charge in [0, 0.05) is 49.6 Å². The highest BCUT2D eigenvalue weighted by molar-refractivity contribution is 6.05. The van der Waals surface area contributed by atoms with E-state index >= 15 is 0 Å². The van der Waals surface area contributed by atoms with Crippen LogP contribution in [-0.4, -0.2) is 99.8 Å². The molecule has 2 aromatic rings. The van der Waals surface area contributed by atoms with Gasteiger partial charge in [-0.2, -0.15) is 0 Å². The molecule has 0 saturated carbocycles. The van der Waals surface area contributed by atoms with E-state index < -0.39 is 11.9 Å². The fraction of sp³-hybridized carbons (Fsp3) is 0.469. The summed E-state index contributed by atoms with van der Waals surface area (Å²) >= 11 is 0. The minimum absolute atomic E-state index is 0.00734. The Kier molecular flexibility index (Phi) is 13.3. The monoisotopic (exact) mass is 638 g/mol. The van der Waals surface area contributed by atoms with Gasteiger partial charge in [0.2, 0.25) is 23.6 Å². The van der Waals surface area contributed by atoms with Gasteiger partial charge in [-0.1, -0.05) is 18.2 Å². The second-order valence-electron chi connectivity index (χ2n) is 10.7. The van der Waals surface area contributed by atoms with E-state index in [1.807, 2.05) is 31.2 Å². The van der Waals surface area contributed by atoms with E-state index in [0.717, 1.165) is 16.8 Å². The molecule has 2 aliphatic rings. The van der Waals surface area contributed by atoms with Crippen LogP contribution in [0.25, 0.3) is 0 Å². The molecule has 0 aromatic heterocycles. The lowest BCUT2D eigenvalue weighted by Gasteiger charge is -2.29. The van der Waals surface area contributed by atoms with Gasteiger partial charge < -0.3 is 40.4 Å². The van der Waals surface area contributed by atoms with Crippen LogP contribution in [0.3, 0.4) is 0 Å². The Bertz CT molecular complexity index is 1390. The Hall–Kier alpha value is -4.53. The normalized spacial score (nSPS) is 15.7. The summed E-state index contributed by atoms with van der Waals surface area (Å²) < 4.78 is 16.0. The molecular formula is C32H42N6O8. The van der Waals surface area contributed by atoms with Crippen molar-refractivity contribution >= 4 is 40.9 Å². The van der Waals surface area contributed by atoms with Crippen molar-refractivity contribution in [2.75, 3.05) is 69.9 Å². The first-order valence-corrected chi connectivity index (χ1v) is 15.4. The molecule has 248 valence electrons. The average molecular weight is 639 g/mol. The van der Waals surface area contributed by atoms with Crippen molar-refractivity contribution < 1.29 is 38.2 Å². The highest BCUT2D eigenvalue weighted by Crippen LogP contribution is 2.29. The zero-order valence-corrected chi connectivity index (χ0v) is 26.0. The van der Waals surface area contributed by atoms with E-state index in [2.05, 4.69) is 26.6 Å². The smallest absolute Gasteiger partial charge is 0.255 e. The van der Waals surface area contributed by atoms with Gasteiger partial charge >= 0.3 is 0 Å². The molecule has 14 heteroatoms. The number of carbonyl (C=O) groups excluding carboxylic acids is 5. The van der Waals surface area contributed by atoms with Crippen molar-refractivity contribution in [1.29, 1.82) is 0 Å². The number of nitrogens with one attached hydrogen (secondary N) is 5. The number of benzene rings is 2. The van der Waals surface area contributed by atoms with E-state index in [-0.39, 0.29) is 43.1 Å². The summed E-state index contributed by atoms with van der Waals surface area (Å²) in [4.78, 5) is 62.9. The number of hydrogen-bond acceptors (Lipinski definition) is 10. The van der Waals surface area contributed by atoms with E-state index in [9.17, 15) is 24.0 Å². The first-order valence-electron chi connectivity index (χ1n) is 15.4. The number of rotatable bonds is 19. The molecule has 0 radical (unpaired) electrons. The third-order valence-electron chi connectivity index (χ3n) is 7.37. The molecule has 1 saturated heterocycles. The molecule has 0 aliphatic carbocycles. The van der Waals surface area contributed by atoms with Crippen LogP contribution in [0.4, 0.5) is 11.4 Å². The second kappa shape index (κ2) is 17.8. The number of piperidine rings is 1. The number of fused-ring (bicyclic) bond motifs is 1. The Balaban J connectivity index is 1.11. The number of nitrogens with zero attached hydrogens (tertiary/aromatic N) is 1. The van der Waals surface area contributed by atoms with Crippen molar-refractivity contribution in [1.82, 2.24) is 20.9 Å². The lowest BCUT2D eigenvalue weighted by atomic mass is 10.0. The van der Waals surface area contributed by atoms with E-state index in [0.29, 0.717) is 76.9 Å². The van der Waals surface area contributed by atoms with Crippen molar-refractivity contribution in [3.63, 3.8) is 0 Å². The summed E-state index contributed by atoms with van der Waals surface area (Å²) in [6.07, 6.45) is 0.494. The maximum Gasteiger partial charge on any atom is 0.255 e. The number of ether oxygens (including phenoxy) is 3. The summed E-state index contributed by atoms with van der Waals surface area (Å²) in [6, 6.07) is 12.0. The Morgan fingerprint density at radius 1 is 0.870 bits per heavy atom. The van der Waals surface area contributed by atoms with Crippen LogP contribution in [0.1, 0.15) is 41.3 Å². The van der Waals surface area contributed by atoms with Crippen LogP contribution in [0.15, 0.2) is 42.5 Å². The molecule has 1 atom stereocenters. The highest BCUT2D eigenvalue weighted by atomic mass is 16.5. The third kappa shape index (κ3) is 10.5. The number of anilines is 2. The van der Waals surface area contributed by atoms with Crippen LogP contribution in [0.5, 0.6) is 0 Å². The molecule has 5 amide bonds. The van der Waals surface area contributed by atoms with Gasteiger partial charge in [0.1, 0.15) is 6.04 Å². The maximum absolute atomic E-state index is 13.0. The molecule has 46 heavy (non-hydrogen) atoms. The van der Waals surface area contributed by atoms with Gasteiger partial charge in [-0.05, 0) is 48.7 Å². The Morgan fingerprint density at radius 3 is 2.30 bits per heavy atom. The quantitative estimate of drug-likeness (QED) is 0.109. The topological polar surface area (TPSA) is 176 Å². The zero-order valence-electron chi connectivity index (χ0n) is 26.0. The summed E-state index contributed by atoms with van der Waals surface area (Å²) in [6.45, 7) is 6.06. The van der Waals surface area contributed by atoms with Gasteiger partial charge in [-0.3, -0.25) is 29.3 Å². The van der Waals surface area contributed by atoms with E-state index in [4.69, 9.17) is 14.2 Å². The second-order valence-corrected chi connectivity index (χ2v) is 10.7. The van der Waals surface area contributed by atoms with Gasteiger partial charge in [0.15, 0.2) is 0 Å². The standard InChI is InChI=1S/C32H42N6O8/c1-2-44-12-13-46-15-14-45-11-10-33-29(40)19-34-24-5-3-4-22(16-24)18-36-30(41)20-35-25-7-6-23-21-38(32(43)26(23)17-25)27-8-9-28(39)37-31(27)42/h3-7,16-17,27,34-35H,2,8-15,18-21H2,1H3,(H,33,40)(H,36,41)(H,37,39,42). The highest BCUT2D eigenvalue weighted by Gasteiger charge is 2.39. The number of imide groups is 1. The van der Waals surface area contributed by atoms with Crippen molar-refractivity contribution in [3.8, 4) is 0 Å². The molecule has 1 unspecified atom stereocenters. The Labute approximate surface area is 267 Å². The zero-order chi connectivity index (χ0) is 32.7. The summed E-state index contributed by atoms with van der Waals surface area (Å²) in [7, 11) is 0. The Morgan fingerprint density at radius 2 is 1.57 bits per heavy atom. The number of carbonyl (C=O) groups is 5. The van der Waals surface area contributed by atoms with E-state index in [1.165, 1.54) is 4.90 Å². The van der Waals surface area contributed by atoms with Gasteiger partial charge in [0.05, 0.1) is 46.1 Å². The van der Waals surface area contributed by atoms with Crippen molar-refractivity contribution in [3.05, 3.63) is 59.2 Å². The SMILES string of the molecule is CCOCCOCCOCCNC(=O)CNc1cccc(CNC(=O)CNc2ccc3c(c2)C(=O)N(C2CCC(=O)NC2=O)C3)c1. The van der Waals surface area contributed by atoms with E-state index in [1.54, 1.807) is 18.2 Å². The molecule has 5 N–H and O–H groups in total. The lowest BCUT2D eigenvalue weighted by molar-refractivity contribution is -0.137. The number of amides is 5. The predicted molar refractivity (Wildman–Crippen MR) is 169 cm³/mol. The van der Waals surface area contributed by atoms with Crippen LogP contribution in [-0.2, 0) is 46.5 Å². The molecule has 14 nitrogen and oxygen atoms in total. The predicted octanol–water partition coefficient (Wildman–Crippen LogP) is 0.774. The van der Waals surface area contributed by atoms with Gasteiger partial charge in [-0.25, -0.2) is 0 Å². The van der Waals surface area contributed by atoms with Crippen molar-refractivity contribution in [2.24, 2.45) is 0 Å². The minimum atomic E-state index is -0.677. The van der Waals surface area contributed by atoms with Crippen LogP contribution < -0.4 is 26.6 Å². The maximum atomic E-state index is 13.0. The molecule has 2 aliphatic heterocycles. The number of hydrogen-bond donors (Lipinski definition) is 5. The van der Waals surface area contributed by atoms with Crippen LogP contribution in [0.2, 0.25) is 0 Å². The molecular weight excluding hydrogens is 596 g/mol. The largest absolute Gasteiger partial charge is 0.379 e. The lowest BCUT2D eigenvalue weighted by Crippen LogP contribution is -2.52. The third-order valence-corrected chi connectivity index (χ3v) is 7.37. The summed E-state index contributed by atoms with van der Waals surface area (Å²) in [5.41, 5.74) is 3.46. The molecule has 4 rings (SSSR count). The minimum Gasteiger partial charge on any atom is -0.379 e. The van der Waals surface area contributed by atoms with Gasteiger partial charge in [-0.15, -0.1) is 0 Å². The van der Waals surface area contributed by atoms with Crippen LogP contribution in [0, 0.1) is 0 Å². The fourth-order valence-corrected chi connectivity index (χ4v) is 4.99. The first kappa shape index (κ1) is 34.3. The van der Waals surface area contributed by atoms with Gasteiger partial charge in [0.25, 0.3) is 5.91 Å². The molecule has 0 spiro atoms. The summed E-state index contributed by atoms with van der Waals surface area (Å²) in [5, 5.41) is 14.1. The molecule has 1 fully saturated rings.